The molecule has 1 aromatic carbocycles. The summed E-state index contributed by atoms with van der Waals surface area (Å²) < 4.78 is 5.59. The number of carbonyl (C=O) groups excluding carboxylic acids is 1. The van der Waals surface area contributed by atoms with Crippen LogP contribution in [0.2, 0.25) is 5.02 Å². The van der Waals surface area contributed by atoms with E-state index >= 15 is 0 Å². The van der Waals surface area contributed by atoms with Crippen LogP contribution in [0.15, 0.2) is 18.2 Å². The monoisotopic (exact) mass is 263 g/mol. The zero-order valence-corrected chi connectivity index (χ0v) is 10.7. The van der Waals surface area contributed by atoms with Crippen LogP contribution in [0.3, 0.4) is 0 Å². The summed E-state index contributed by atoms with van der Waals surface area (Å²) in [5.74, 6) is 1.64. The first-order chi connectivity index (χ1) is 8.71. The zero-order chi connectivity index (χ0) is 12.3. The van der Waals surface area contributed by atoms with Crippen molar-refractivity contribution in [1.29, 1.82) is 0 Å². The van der Waals surface area contributed by atoms with Gasteiger partial charge >= 0.3 is 0 Å². The van der Waals surface area contributed by atoms with Gasteiger partial charge in [-0.15, -0.1) is 0 Å². The van der Waals surface area contributed by atoms with E-state index in [1.165, 1.54) is 0 Å². The number of halogens is 1. The highest BCUT2D eigenvalue weighted by Crippen LogP contribution is 2.75. The van der Waals surface area contributed by atoms with Crippen LogP contribution in [0.5, 0.6) is 5.75 Å². The number of rotatable bonds is 2. The average molecular weight is 264 g/mol. The van der Waals surface area contributed by atoms with E-state index < -0.39 is 0 Å². The number of ether oxygens (including phenoxy) is 1. The third-order valence-electron chi connectivity index (χ3n) is 4.47. The van der Waals surface area contributed by atoms with Crippen LogP contribution in [0, 0.1) is 11.3 Å². The summed E-state index contributed by atoms with van der Waals surface area (Å²) in [6, 6.07) is 5.77. The van der Waals surface area contributed by atoms with Crippen molar-refractivity contribution in [1.82, 2.24) is 5.32 Å². The minimum Gasteiger partial charge on any atom is -0.492 e. The van der Waals surface area contributed by atoms with Crippen molar-refractivity contribution < 1.29 is 9.53 Å². The molecule has 0 spiro atoms. The first kappa shape index (κ1) is 10.7. The molecule has 0 radical (unpaired) electrons. The van der Waals surface area contributed by atoms with Gasteiger partial charge in [-0.25, -0.2) is 0 Å². The molecule has 94 valence electrons. The van der Waals surface area contributed by atoms with Gasteiger partial charge in [0.1, 0.15) is 5.75 Å². The largest absolute Gasteiger partial charge is 0.492 e. The van der Waals surface area contributed by atoms with Gasteiger partial charge in [-0.2, -0.15) is 0 Å². The summed E-state index contributed by atoms with van der Waals surface area (Å²) in [6.45, 7) is 0.609. The van der Waals surface area contributed by atoms with Gasteiger partial charge in [-0.05, 0) is 24.8 Å². The Morgan fingerprint density at radius 2 is 2.22 bits per heavy atom. The highest BCUT2D eigenvalue weighted by Gasteiger charge is 2.74. The maximum Gasteiger partial charge on any atom is 0.227 e. The van der Waals surface area contributed by atoms with E-state index in [-0.39, 0.29) is 17.4 Å². The van der Waals surface area contributed by atoms with Gasteiger partial charge < -0.3 is 10.1 Å². The maximum atomic E-state index is 12.1. The van der Waals surface area contributed by atoms with Crippen molar-refractivity contribution >= 4 is 17.5 Å². The van der Waals surface area contributed by atoms with Gasteiger partial charge in [-0.1, -0.05) is 23.7 Å². The summed E-state index contributed by atoms with van der Waals surface area (Å²) >= 11 is 6.12. The molecule has 1 aromatic rings. The third-order valence-corrected chi connectivity index (χ3v) is 4.76. The Morgan fingerprint density at radius 1 is 1.44 bits per heavy atom. The van der Waals surface area contributed by atoms with E-state index in [0.29, 0.717) is 17.5 Å². The van der Waals surface area contributed by atoms with E-state index in [1.54, 1.807) is 0 Å². The smallest absolute Gasteiger partial charge is 0.227 e. The zero-order valence-electron chi connectivity index (χ0n) is 9.91. The summed E-state index contributed by atoms with van der Waals surface area (Å²) in [7, 11) is 0. The predicted octanol–water partition coefficient (Wildman–Crippen LogP) is 2.69. The summed E-state index contributed by atoms with van der Waals surface area (Å²) in [5, 5.41) is 3.79. The molecule has 1 amide bonds. The topological polar surface area (TPSA) is 38.3 Å². The average Bonchev–Trinajstić information content (AvgIpc) is 3.19. The number of nitrogens with one attached hydrogen (secondary N) is 1. The Bertz CT molecular complexity index is 537. The standard InChI is InChI=1S/C14H14ClNO2/c15-10-3-1-2-9-11(4-5-18-12(9)10)16-13(17)14-6-8(14)7-14/h1-3,8,11H,4-7H2,(H,16,17). The maximum absolute atomic E-state index is 12.1. The van der Waals surface area contributed by atoms with Crippen LogP contribution in [0.25, 0.3) is 0 Å². The van der Waals surface area contributed by atoms with E-state index in [0.717, 1.165) is 30.6 Å². The molecule has 1 atom stereocenters. The lowest BCUT2D eigenvalue weighted by Gasteiger charge is -2.27. The molecule has 2 saturated carbocycles. The molecule has 0 aromatic heterocycles. The fraction of sp³-hybridized carbons (Fsp3) is 0.500. The molecule has 0 bridgehead atoms. The molecular weight excluding hydrogens is 250 g/mol. The van der Waals surface area contributed by atoms with Gasteiger partial charge in [0.15, 0.2) is 0 Å². The van der Waals surface area contributed by atoms with Crippen molar-refractivity contribution in [2.24, 2.45) is 11.3 Å². The molecule has 4 heteroatoms. The molecule has 0 saturated heterocycles. The number of amides is 1. The quantitative estimate of drug-likeness (QED) is 0.891. The Kier molecular flexibility index (Phi) is 2.03. The molecule has 1 unspecified atom stereocenters. The summed E-state index contributed by atoms with van der Waals surface area (Å²) in [4.78, 5) is 12.1. The predicted molar refractivity (Wildman–Crippen MR) is 67.6 cm³/mol. The minimum absolute atomic E-state index is 0.0248. The second-order valence-electron chi connectivity index (χ2n) is 5.58. The molecule has 1 heterocycles. The Balaban J connectivity index is 1.59. The first-order valence-corrected chi connectivity index (χ1v) is 6.81. The Morgan fingerprint density at radius 3 is 2.94 bits per heavy atom. The molecule has 4 rings (SSSR count). The number of hydrogen-bond donors (Lipinski definition) is 1. The molecule has 18 heavy (non-hydrogen) atoms. The van der Waals surface area contributed by atoms with Crippen LogP contribution >= 0.6 is 11.6 Å². The van der Waals surface area contributed by atoms with Crippen molar-refractivity contribution in [2.75, 3.05) is 6.61 Å². The Labute approximate surface area is 110 Å². The highest BCUT2D eigenvalue weighted by atomic mass is 35.5. The number of para-hydroxylation sites is 1. The normalized spacial score (nSPS) is 34.9. The van der Waals surface area contributed by atoms with Gasteiger partial charge in [0, 0.05) is 12.0 Å². The number of carbonyl (C=O) groups is 1. The van der Waals surface area contributed by atoms with Crippen LogP contribution in [-0.4, -0.2) is 12.5 Å². The van der Waals surface area contributed by atoms with Gasteiger partial charge in [0.2, 0.25) is 5.91 Å². The van der Waals surface area contributed by atoms with Crippen LogP contribution in [0.1, 0.15) is 30.9 Å². The van der Waals surface area contributed by atoms with Gasteiger partial charge in [0.25, 0.3) is 0 Å². The fourth-order valence-corrected chi connectivity index (χ4v) is 3.15. The molecule has 3 nitrogen and oxygen atoms in total. The summed E-state index contributed by atoms with van der Waals surface area (Å²) in [6.07, 6.45) is 2.99. The summed E-state index contributed by atoms with van der Waals surface area (Å²) in [5.41, 5.74) is 1.04. The first-order valence-electron chi connectivity index (χ1n) is 6.43. The number of fused-ring (bicyclic) bond motifs is 2. The van der Waals surface area contributed by atoms with Crippen LogP contribution in [0.4, 0.5) is 0 Å². The molecule has 1 N–H and O–H groups in total. The van der Waals surface area contributed by atoms with E-state index in [4.69, 9.17) is 16.3 Å². The van der Waals surface area contributed by atoms with Gasteiger partial charge in [-0.3, -0.25) is 4.79 Å². The van der Waals surface area contributed by atoms with E-state index in [1.807, 2.05) is 18.2 Å². The molecule has 2 aliphatic carbocycles. The van der Waals surface area contributed by atoms with E-state index in [2.05, 4.69) is 5.32 Å². The Hall–Kier alpha value is -1.22. The fourth-order valence-electron chi connectivity index (χ4n) is 2.91. The lowest BCUT2D eigenvalue weighted by atomic mass is 10.00. The van der Waals surface area contributed by atoms with Crippen molar-refractivity contribution in [3.05, 3.63) is 28.8 Å². The van der Waals surface area contributed by atoms with Crippen molar-refractivity contribution in [2.45, 2.75) is 25.3 Å². The third kappa shape index (κ3) is 1.40. The van der Waals surface area contributed by atoms with Crippen molar-refractivity contribution in [3.8, 4) is 5.75 Å². The number of benzene rings is 1. The second-order valence-corrected chi connectivity index (χ2v) is 5.99. The van der Waals surface area contributed by atoms with Crippen LogP contribution < -0.4 is 10.1 Å². The molecule has 2 fully saturated rings. The van der Waals surface area contributed by atoms with Crippen LogP contribution in [-0.2, 0) is 4.79 Å². The lowest BCUT2D eigenvalue weighted by Crippen LogP contribution is -2.34. The molecular formula is C14H14ClNO2. The van der Waals surface area contributed by atoms with E-state index in [9.17, 15) is 4.79 Å². The second kappa shape index (κ2) is 3.41. The van der Waals surface area contributed by atoms with Gasteiger partial charge in [0.05, 0.1) is 23.1 Å². The van der Waals surface area contributed by atoms with Crippen molar-refractivity contribution in [3.63, 3.8) is 0 Å². The SMILES string of the molecule is O=C(NC1CCOc2c(Cl)cccc21)C12CC1C2. The highest BCUT2D eigenvalue weighted by molar-refractivity contribution is 6.32. The lowest BCUT2D eigenvalue weighted by molar-refractivity contribution is -0.125. The number of hydrogen-bond acceptors (Lipinski definition) is 2. The molecule has 3 aliphatic rings. The minimum atomic E-state index is 0.0248. The molecule has 1 aliphatic heterocycles.